The molecule has 0 bridgehead atoms. The van der Waals surface area contributed by atoms with E-state index in [4.69, 9.17) is 23.2 Å². The molecule has 140 valence electrons. The first-order valence-corrected chi connectivity index (χ1v) is 9.32. The van der Waals surface area contributed by atoms with E-state index in [-0.39, 0.29) is 12.4 Å². The quantitative estimate of drug-likeness (QED) is 0.549. The number of carboxylic acid groups (broad SMARTS) is 1. The SMILES string of the molecule is CC(Cc1ccc(Br)cc1)(C(=O)O)n1nnnc1Nc1cc(Cl)cc(Cl)c1. The molecule has 0 fully saturated rings. The molecule has 1 aromatic heterocycles. The topological polar surface area (TPSA) is 92.9 Å². The molecule has 2 N–H and O–H groups in total. The number of carbonyl (C=O) groups is 1. The predicted octanol–water partition coefficient (Wildman–Crippen LogP) is 4.53. The number of nitrogens with one attached hydrogen (secondary N) is 1. The Morgan fingerprint density at radius 1 is 1.22 bits per heavy atom. The molecular formula is C17H14BrCl2N5O2. The molecule has 3 aromatic rings. The Morgan fingerprint density at radius 3 is 2.44 bits per heavy atom. The van der Waals surface area contributed by atoms with Gasteiger partial charge in [0.15, 0.2) is 5.54 Å². The van der Waals surface area contributed by atoms with Gasteiger partial charge in [0.2, 0.25) is 5.95 Å². The third-order valence-corrected chi connectivity index (χ3v) is 4.94. The largest absolute Gasteiger partial charge is 0.479 e. The Bertz CT molecular complexity index is 959. The normalized spacial score (nSPS) is 13.2. The lowest BCUT2D eigenvalue weighted by Gasteiger charge is -2.26. The third-order valence-electron chi connectivity index (χ3n) is 3.98. The Labute approximate surface area is 173 Å². The highest BCUT2D eigenvalue weighted by atomic mass is 79.9. The maximum Gasteiger partial charge on any atom is 0.331 e. The summed E-state index contributed by atoms with van der Waals surface area (Å²) in [6, 6.07) is 12.3. The maximum absolute atomic E-state index is 12.1. The van der Waals surface area contributed by atoms with Gasteiger partial charge in [-0.3, -0.25) is 0 Å². The van der Waals surface area contributed by atoms with E-state index < -0.39 is 11.5 Å². The van der Waals surface area contributed by atoms with Gasteiger partial charge in [-0.25, -0.2) is 4.79 Å². The number of hydrogen-bond acceptors (Lipinski definition) is 5. The van der Waals surface area contributed by atoms with Crippen molar-refractivity contribution in [1.29, 1.82) is 0 Å². The zero-order valence-electron chi connectivity index (χ0n) is 14.0. The molecule has 0 aliphatic carbocycles. The Balaban J connectivity index is 1.96. The number of halogens is 3. The number of anilines is 2. The van der Waals surface area contributed by atoms with Gasteiger partial charge in [0.1, 0.15) is 0 Å². The lowest BCUT2D eigenvalue weighted by Crippen LogP contribution is -2.42. The standard InChI is InChI=1S/C17H14BrCl2N5O2/c1-17(15(26)27,9-10-2-4-11(18)5-3-10)25-16(22-23-24-25)21-14-7-12(19)6-13(20)8-14/h2-8H,9H2,1H3,(H,26,27)(H,21,22,24). The van der Waals surface area contributed by atoms with Crippen LogP contribution >= 0.6 is 39.1 Å². The molecule has 10 heteroatoms. The second-order valence-corrected chi connectivity index (χ2v) is 7.87. The summed E-state index contributed by atoms with van der Waals surface area (Å²) < 4.78 is 2.15. The summed E-state index contributed by atoms with van der Waals surface area (Å²) in [7, 11) is 0. The molecule has 2 aromatic carbocycles. The van der Waals surface area contributed by atoms with Crippen LogP contribution in [0.3, 0.4) is 0 Å². The number of aliphatic carboxylic acids is 1. The molecule has 0 amide bonds. The molecule has 3 rings (SSSR count). The van der Waals surface area contributed by atoms with Gasteiger partial charge in [-0.1, -0.05) is 56.4 Å². The second kappa shape index (κ2) is 7.84. The number of benzene rings is 2. The molecule has 0 saturated heterocycles. The lowest BCUT2D eigenvalue weighted by molar-refractivity contribution is -0.147. The van der Waals surface area contributed by atoms with Crippen molar-refractivity contribution in [3.05, 3.63) is 62.5 Å². The van der Waals surface area contributed by atoms with Crippen molar-refractivity contribution in [3.63, 3.8) is 0 Å². The minimum Gasteiger partial charge on any atom is -0.479 e. The summed E-state index contributed by atoms with van der Waals surface area (Å²) in [5.74, 6) is -0.903. The average Bonchev–Trinajstić information content (AvgIpc) is 3.04. The first-order valence-electron chi connectivity index (χ1n) is 7.78. The van der Waals surface area contributed by atoms with Crippen molar-refractivity contribution in [2.45, 2.75) is 18.9 Å². The Morgan fingerprint density at radius 2 is 1.85 bits per heavy atom. The number of rotatable bonds is 6. The molecular weight excluding hydrogens is 457 g/mol. The van der Waals surface area contributed by atoms with Gasteiger partial charge < -0.3 is 10.4 Å². The molecule has 0 radical (unpaired) electrons. The second-order valence-electron chi connectivity index (χ2n) is 6.08. The Kier molecular flexibility index (Phi) is 5.69. The minimum absolute atomic E-state index is 0.162. The van der Waals surface area contributed by atoms with Crippen LogP contribution in [-0.2, 0) is 16.8 Å². The average molecular weight is 471 g/mol. The van der Waals surface area contributed by atoms with E-state index in [2.05, 4.69) is 36.8 Å². The summed E-state index contributed by atoms with van der Waals surface area (Å²) >= 11 is 15.4. The van der Waals surface area contributed by atoms with Gasteiger partial charge in [0.05, 0.1) is 0 Å². The molecule has 7 nitrogen and oxygen atoms in total. The van der Waals surface area contributed by atoms with Gasteiger partial charge >= 0.3 is 5.97 Å². The van der Waals surface area contributed by atoms with Crippen molar-refractivity contribution >= 4 is 56.7 Å². The van der Waals surface area contributed by atoms with Gasteiger partial charge in [-0.15, -0.1) is 0 Å². The number of nitrogens with zero attached hydrogens (tertiary/aromatic N) is 4. The van der Waals surface area contributed by atoms with Gasteiger partial charge in [-0.05, 0) is 53.2 Å². The van der Waals surface area contributed by atoms with Gasteiger partial charge in [0.25, 0.3) is 0 Å². The third kappa shape index (κ3) is 4.40. The predicted molar refractivity (Wildman–Crippen MR) is 107 cm³/mol. The van der Waals surface area contributed by atoms with E-state index in [9.17, 15) is 9.90 Å². The fraction of sp³-hybridized carbons (Fsp3) is 0.176. The van der Waals surface area contributed by atoms with Crippen LogP contribution in [0.2, 0.25) is 10.0 Å². The van der Waals surface area contributed by atoms with Crippen LogP contribution in [0.5, 0.6) is 0 Å². The highest BCUT2D eigenvalue weighted by molar-refractivity contribution is 9.10. The molecule has 27 heavy (non-hydrogen) atoms. The van der Waals surface area contributed by atoms with E-state index in [0.717, 1.165) is 10.0 Å². The highest BCUT2D eigenvalue weighted by Gasteiger charge is 2.39. The number of aromatic nitrogens is 4. The smallest absolute Gasteiger partial charge is 0.331 e. The first kappa shape index (κ1) is 19.6. The molecule has 0 aliphatic rings. The van der Waals surface area contributed by atoms with Crippen molar-refractivity contribution in [1.82, 2.24) is 20.2 Å². The summed E-state index contributed by atoms with van der Waals surface area (Å²) in [6.45, 7) is 1.56. The van der Waals surface area contributed by atoms with Crippen LogP contribution in [0, 0.1) is 0 Å². The molecule has 1 unspecified atom stereocenters. The van der Waals surface area contributed by atoms with Gasteiger partial charge in [0, 0.05) is 26.6 Å². The zero-order chi connectivity index (χ0) is 19.6. The molecule has 1 heterocycles. The molecule has 0 saturated carbocycles. The zero-order valence-corrected chi connectivity index (χ0v) is 17.1. The fourth-order valence-electron chi connectivity index (χ4n) is 2.59. The number of carboxylic acids is 1. The molecule has 0 spiro atoms. The van der Waals surface area contributed by atoms with Crippen LogP contribution in [0.15, 0.2) is 46.9 Å². The van der Waals surface area contributed by atoms with Crippen LogP contribution in [0.25, 0.3) is 0 Å². The van der Waals surface area contributed by atoms with E-state index >= 15 is 0 Å². The first-order chi connectivity index (χ1) is 12.8. The molecule has 1 atom stereocenters. The summed E-state index contributed by atoms with van der Waals surface area (Å²) in [4.78, 5) is 12.1. The number of tetrazole rings is 1. The molecule has 0 aliphatic heterocycles. The van der Waals surface area contributed by atoms with E-state index in [0.29, 0.717) is 15.7 Å². The van der Waals surface area contributed by atoms with E-state index in [1.165, 1.54) is 4.68 Å². The lowest BCUT2D eigenvalue weighted by atomic mass is 9.93. The summed E-state index contributed by atoms with van der Waals surface area (Å²) in [6.07, 6.45) is 0.186. The van der Waals surface area contributed by atoms with E-state index in [1.807, 2.05) is 24.3 Å². The number of hydrogen-bond donors (Lipinski definition) is 2. The van der Waals surface area contributed by atoms with Crippen molar-refractivity contribution in [2.75, 3.05) is 5.32 Å². The van der Waals surface area contributed by atoms with Crippen molar-refractivity contribution in [3.8, 4) is 0 Å². The van der Waals surface area contributed by atoms with Crippen LogP contribution in [0.1, 0.15) is 12.5 Å². The van der Waals surface area contributed by atoms with Crippen LogP contribution in [0.4, 0.5) is 11.6 Å². The monoisotopic (exact) mass is 469 g/mol. The minimum atomic E-state index is -1.41. The van der Waals surface area contributed by atoms with Crippen LogP contribution < -0.4 is 5.32 Å². The summed E-state index contributed by atoms with van der Waals surface area (Å²) in [5, 5.41) is 25.2. The fourth-order valence-corrected chi connectivity index (χ4v) is 3.38. The summed E-state index contributed by atoms with van der Waals surface area (Å²) in [5.41, 5.74) is -0.0440. The van der Waals surface area contributed by atoms with E-state index in [1.54, 1.807) is 25.1 Å². The van der Waals surface area contributed by atoms with Gasteiger partial charge in [-0.2, -0.15) is 4.68 Å². The Hall–Kier alpha value is -2.16. The van der Waals surface area contributed by atoms with Crippen molar-refractivity contribution < 1.29 is 9.90 Å². The van der Waals surface area contributed by atoms with Crippen molar-refractivity contribution in [2.24, 2.45) is 0 Å². The maximum atomic E-state index is 12.1. The highest BCUT2D eigenvalue weighted by Crippen LogP contribution is 2.28. The van der Waals surface area contributed by atoms with Crippen LogP contribution in [-0.4, -0.2) is 31.3 Å².